The van der Waals surface area contributed by atoms with Gasteiger partial charge in [0.2, 0.25) is 0 Å². The number of ether oxygens (including phenoxy) is 1. The third kappa shape index (κ3) is 3.91. The number of rotatable bonds is 4. The molecule has 0 spiro atoms. The Morgan fingerprint density at radius 2 is 1.79 bits per heavy atom. The van der Waals surface area contributed by atoms with Crippen LogP contribution in [0, 0.1) is 0 Å². The van der Waals surface area contributed by atoms with Crippen LogP contribution in [-0.4, -0.2) is 36.0 Å². The largest absolute Gasteiger partial charge is 0.497 e. The number of aromatic nitrogens is 1. The van der Waals surface area contributed by atoms with Gasteiger partial charge in [0.25, 0.3) is 5.91 Å². The molecule has 1 saturated heterocycles. The second kappa shape index (κ2) is 8.26. The molecule has 0 bridgehead atoms. The summed E-state index contributed by atoms with van der Waals surface area (Å²) in [5, 5.41) is 0. The van der Waals surface area contributed by atoms with E-state index in [0.29, 0.717) is 6.54 Å². The van der Waals surface area contributed by atoms with Crippen molar-refractivity contribution in [1.29, 1.82) is 0 Å². The molecule has 28 heavy (non-hydrogen) atoms. The summed E-state index contributed by atoms with van der Waals surface area (Å²) < 4.78 is 5.24. The van der Waals surface area contributed by atoms with Crippen LogP contribution in [0.15, 0.2) is 72.8 Å². The molecule has 2 aromatic carbocycles. The molecule has 0 unspecified atom stereocenters. The van der Waals surface area contributed by atoms with Gasteiger partial charge < -0.3 is 9.64 Å². The van der Waals surface area contributed by atoms with Crippen LogP contribution in [0.3, 0.4) is 0 Å². The number of hydrogen-bond acceptors (Lipinski definition) is 3. The zero-order valence-corrected chi connectivity index (χ0v) is 16.0. The Labute approximate surface area is 165 Å². The van der Waals surface area contributed by atoms with E-state index in [1.165, 1.54) is 0 Å². The average molecular weight is 372 g/mol. The van der Waals surface area contributed by atoms with Crippen molar-refractivity contribution < 1.29 is 9.53 Å². The Bertz CT molecular complexity index is 938. The Hall–Kier alpha value is -3.14. The third-order valence-electron chi connectivity index (χ3n) is 5.30. The lowest BCUT2D eigenvalue weighted by Crippen LogP contribution is -2.39. The Kier molecular flexibility index (Phi) is 5.38. The molecule has 3 aromatic rings. The highest BCUT2D eigenvalue weighted by Gasteiger charge is 2.26. The van der Waals surface area contributed by atoms with Crippen molar-refractivity contribution in [2.45, 2.75) is 18.8 Å². The van der Waals surface area contributed by atoms with Crippen molar-refractivity contribution in [2.75, 3.05) is 20.2 Å². The first-order valence-corrected chi connectivity index (χ1v) is 9.70. The van der Waals surface area contributed by atoms with Gasteiger partial charge in [-0.2, -0.15) is 0 Å². The zero-order valence-electron chi connectivity index (χ0n) is 16.0. The number of methoxy groups -OCH3 is 1. The molecule has 4 rings (SSSR count). The first-order valence-electron chi connectivity index (χ1n) is 9.70. The van der Waals surface area contributed by atoms with E-state index in [1.807, 2.05) is 65.6 Å². The van der Waals surface area contributed by atoms with Gasteiger partial charge in [0.15, 0.2) is 0 Å². The van der Waals surface area contributed by atoms with Crippen molar-refractivity contribution in [3.8, 4) is 17.0 Å². The van der Waals surface area contributed by atoms with Crippen molar-refractivity contribution >= 4 is 5.91 Å². The molecule has 142 valence electrons. The number of pyridine rings is 1. The van der Waals surface area contributed by atoms with E-state index in [9.17, 15) is 4.79 Å². The Morgan fingerprint density at radius 3 is 2.54 bits per heavy atom. The number of hydrogen-bond donors (Lipinski definition) is 0. The molecule has 0 radical (unpaired) electrons. The SMILES string of the molecule is COc1ccc(-c2cccc([C@H]3CCCN(C(=O)c4ccccc4)C3)n2)cc1. The molecule has 0 aliphatic carbocycles. The van der Waals surface area contributed by atoms with Crippen molar-refractivity contribution in [1.82, 2.24) is 9.88 Å². The van der Waals surface area contributed by atoms with E-state index in [2.05, 4.69) is 12.1 Å². The van der Waals surface area contributed by atoms with Crippen LogP contribution in [0.2, 0.25) is 0 Å². The molecule has 1 aliphatic rings. The minimum absolute atomic E-state index is 0.108. The summed E-state index contributed by atoms with van der Waals surface area (Å²) >= 11 is 0. The Morgan fingerprint density at radius 1 is 1.00 bits per heavy atom. The van der Waals surface area contributed by atoms with Crippen LogP contribution in [-0.2, 0) is 0 Å². The number of amides is 1. The maximum atomic E-state index is 12.8. The van der Waals surface area contributed by atoms with Gasteiger partial charge in [0.05, 0.1) is 12.8 Å². The molecule has 4 nitrogen and oxygen atoms in total. The molecular weight excluding hydrogens is 348 g/mol. The second-order valence-corrected chi connectivity index (χ2v) is 7.13. The van der Waals surface area contributed by atoms with Gasteiger partial charge >= 0.3 is 0 Å². The topological polar surface area (TPSA) is 42.4 Å². The van der Waals surface area contributed by atoms with Gasteiger partial charge in [0, 0.05) is 35.8 Å². The van der Waals surface area contributed by atoms with E-state index in [4.69, 9.17) is 9.72 Å². The smallest absolute Gasteiger partial charge is 0.253 e. The standard InChI is InChI=1S/C24H24N2O2/c1-28-21-14-12-18(13-15-21)22-10-5-11-23(25-22)20-9-6-16-26(17-20)24(27)19-7-3-2-4-8-19/h2-5,7-8,10-15,20H,6,9,16-17H2,1H3/t20-/m0/s1. The highest BCUT2D eigenvalue weighted by molar-refractivity contribution is 5.94. The van der Waals surface area contributed by atoms with Crippen molar-refractivity contribution in [2.24, 2.45) is 0 Å². The van der Waals surface area contributed by atoms with Crippen LogP contribution >= 0.6 is 0 Å². The predicted octanol–water partition coefficient (Wildman–Crippen LogP) is 4.78. The summed E-state index contributed by atoms with van der Waals surface area (Å²) in [5.41, 5.74) is 3.82. The summed E-state index contributed by atoms with van der Waals surface area (Å²) in [4.78, 5) is 19.7. The molecule has 0 saturated carbocycles. The number of carbonyl (C=O) groups excluding carboxylic acids is 1. The van der Waals surface area contributed by atoms with Crippen LogP contribution < -0.4 is 4.74 Å². The van der Waals surface area contributed by atoms with E-state index < -0.39 is 0 Å². The molecule has 1 amide bonds. The number of nitrogens with zero attached hydrogens (tertiary/aromatic N) is 2. The predicted molar refractivity (Wildman–Crippen MR) is 111 cm³/mol. The lowest BCUT2D eigenvalue weighted by molar-refractivity contribution is 0.0706. The maximum absolute atomic E-state index is 12.8. The van der Waals surface area contributed by atoms with E-state index in [1.54, 1.807) is 7.11 Å². The number of likely N-dealkylation sites (tertiary alicyclic amines) is 1. The van der Waals surface area contributed by atoms with Crippen LogP contribution in [0.5, 0.6) is 5.75 Å². The number of carbonyl (C=O) groups is 1. The van der Waals surface area contributed by atoms with Crippen molar-refractivity contribution in [3.05, 3.63) is 84.1 Å². The van der Waals surface area contributed by atoms with Crippen molar-refractivity contribution in [3.63, 3.8) is 0 Å². The fourth-order valence-electron chi connectivity index (χ4n) is 3.77. The minimum Gasteiger partial charge on any atom is -0.497 e. The fourth-order valence-corrected chi connectivity index (χ4v) is 3.77. The molecule has 1 aromatic heterocycles. The quantitative estimate of drug-likeness (QED) is 0.662. The summed E-state index contributed by atoms with van der Waals surface area (Å²) in [7, 11) is 1.67. The van der Waals surface area contributed by atoms with E-state index in [-0.39, 0.29) is 11.8 Å². The summed E-state index contributed by atoms with van der Waals surface area (Å²) in [6.07, 6.45) is 2.05. The van der Waals surface area contributed by atoms with E-state index in [0.717, 1.165) is 47.7 Å². The molecule has 1 fully saturated rings. The molecule has 1 aliphatic heterocycles. The first-order chi connectivity index (χ1) is 13.7. The van der Waals surface area contributed by atoms with Gasteiger partial charge in [-0.05, 0) is 61.4 Å². The molecule has 2 heterocycles. The second-order valence-electron chi connectivity index (χ2n) is 7.13. The van der Waals surface area contributed by atoms with E-state index >= 15 is 0 Å². The highest BCUT2D eigenvalue weighted by Crippen LogP contribution is 2.29. The maximum Gasteiger partial charge on any atom is 0.253 e. The molecular formula is C24H24N2O2. The lowest BCUT2D eigenvalue weighted by Gasteiger charge is -2.32. The van der Waals surface area contributed by atoms with Gasteiger partial charge in [-0.3, -0.25) is 9.78 Å². The Balaban J connectivity index is 1.53. The van der Waals surface area contributed by atoms with Gasteiger partial charge in [0.1, 0.15) is 5.75 Å². The van der Waals surface area contributed by atoms with Gasteiger partial charge in [-0.1, -0.05) is 24.3 Å². The summed E-state index contributed by atoms with van der Waals surface area (Å²) in [5.74, 6) is 1.21. The molecule has 0 N–H and O–H groups in total. The molecule has 1 atom stereocenters. The monoisotopic (exact) mass is 372 g/mol. The van der Waals surface area contributed by atoms with Gasteiger partial charge in [-0.25, -0.2) is 0 Å². The highest BCUT2D eigenvalue weighted by atomic mass is 16.5. The average Bonchev–Trinajstić information content (AvgIpc) is 2.79. The number of benzene rings is 2. The first kappa shape index (κ1) is 18.2. The third-order valence-corrected chi connectivity index (χ3v) is 5.30. The van der Waals surface area contributed by atoms with Crippen LogP contribution in [0.1, 0.15) is 34.8 Å². The normalized spacial score (nSPS) is 16.6. The van der Waals surface area contributed by atoms with Gasteiger partial charge in [-0.15, -0.1) is 0 Å². The summed E-state index contributed by atoms with van der Waals surface area (Å²) in [6.45, 7) is 1.52. The lowest BCUT2D eigenvalue weighted by atomic mass is 9.93. The summed E-state index contributed by atoms with van der Waals surface area (Å²) in [6, 6.07) is 23.6. The zero-order chi connectivity index (χ0) is 19.3. The fraction of sp³-hybridized carbons (Fsp3) is 0.250. The minimum atomic E-state index is 0.108. The van der Waals surface area contributed by atoms with Crippen LogP contribution in [0.25, 0.3) is 11.3 Å². The van der Waals surface area contributed by atoms with Crippen LogP contribution in [0.4, 0.5) is 0 Å². The molecule has 4 heteroatoms. The number of piperidine rings is 1.